The predicted octanol–water partition coefficient (Wildman–Crippen LogP) is 4.79. The first-order valence-corrected chi connectivity index (χ1v) is 7.09. The summed E-state index contributed by atoms with van der Waals surface area (Å²) in [6.45, 7) is 10.1. The number of aryl methyl sites for hydroxylation is 3. The minimum atomic E-state index is 0.344. The second-order valence-electron chi connectivity index (χ2n) is 5.67. The van der Waals surface area contributed by atoms with Gasteiger partial charge in [0.15, 0.2) is 0 Å². The van der Waals surface area contributed by atoms with Gasteiger partial charge >= 0.3 is 0 Å². The highest BCUT2D eigenvalue weighted by Crippen LogP contribution is 2.32. The first-order chi connectivity index (χ1) is 9.92. The van der Waals surface area contributed by atoms with Gasteiger partial charge in [-0.3, -0.25) is 0 Å². The molecule has 3 heteroatoms. The quantitative estimate of drug-likeness (QED) is 0.811. The van der Waals surface area contributed by atoms with E-state index < -0.39 is 0 Å². The zero-order valence-corrected chi connectivity index (χ0v) is 13.2. The Bertz CT molecular complexity index is 712. The third kappa shape index (κ3) is 3.22. The molecule has 0 saturated heterocycles. The molecule has 0 radical (unpaired) electrons. The SMILES string of the molecule is Cc1ccc(C(C)C)c(Oc2nc(C)cc(C)c2C#N)c1. The molecule has 1 aromatic carbocycles. The van der Waals surface area contributed by atoms with Gasteiger partial charge in [-0.2, -0.15) is 5.26 Å². The van der Waals surface area contributed by atoms with Crippen molar-refractivity contribution >= 4 is 0 Å². The molecule has 0 aliphatic rings. The highest BCUT2D eigenvalue weighted by atomic mass is 16.5. The van der Waals surface area contributed by atoms with Gasteiger partial charge in [0, 0.05) is 5.69 Å². The molecular weight excluding hydrogens is 260 g/mol. The van der Waals surface area contributed by atoms with E-state index in [9.17, 15) is 5.26 Å². The molecule has 0 unspecified atom stereocenters. The fourth-order valence-corrected chi connectivity index (χ4v) is 2.32. The summed E-state index contributed by atoms with van der Waals surface area (Å²) in [6, 6.07) is 10.2. The highest BCUT2D eigenvalue weighted by Gasteiger charge is 2.14. The lowest BCUT2D eigenvalue weighted by molar-refractivity contribution is 0.450. The Labute approximate surface area is 126 Å². The van der Waals surface area contributed by atoms with Gasteiger partial charge in [0.05, 0.1) is 0 Å². The minimum absolute atomic E-state index is 0.344. The number of hydrogen-bond acceptors (Lipinski definition) is 3. The van der Waals surface area contributed by atoms with Crippen LogP contribution in [0.2, 0.25) is 0 Å². The number of nitriles is 1. The second-order valence-corrected chi connectivity index (χ2v) is 5.67. The topological polar surface area (TPSA) is 45.9 Å². The second kappa shape index (κ2) is 5.97. The molecule has 0 atom stereocenters. The van der Waals surface area contributed by atoms with Crippen molar-refractivity contribution < 1.29 is 4.74 Å². The molecule has 0 N–H and O–H groups in total. The van der Waals surface area contributed by atoms with E-state index in [-0.39, 0.29) is 0 Å². The van der Waals surface area contributed by atoms with Crippen molar-refractivity contribution in [3.05, 3.63) is 52.2 Å². The average molecular weight is 280 g/mol. The van der Waals surface area contributed by atoms with Crippen molar-refractivity contribution in [2.75, 3.05) is 0 Å². The Morgan fingerprint density at radius 2 is 1.86 bits per heavy atom. The first kappa shape index (κ1) is 15.1. The maximum absolute atomic E-state index is 9.33. The Hall–Kier alpha value is -2.34. The monoisotopic (exact) mass is 280 g/mol. The number of ether oxygens (including phenoxy) is 1. The summed E-state index contributed by atoms with van der Waals surface area (Å²) in [7, 11) is 0. The van der Waals surface area contributed by atoms with Crippen LogP contribution < -0.4 is 4.74 Å². The molecule has 3 nitrogen and oxygen atoms in total. The lowest BCUT2D eigenvalue weighted by Gasteiger charge is -2.15. The molecule has 0 aliphatic heterocycles. The lowest BCUT2D eigenvalue weighted by atomic mass is 10.0. The van der Waals surface area contributed by atoms with Gasteiger partial charge in [0.2, 0.25) is 5.88 Å². The van der Waals surface area contributed by atoms with Crippen molar-refractivity contribution in [3.63, 3.8) is 0 Å². The van der Waals surface area contributed by atoms with E-state index in [1.165, 1.54) is 0 Å². The van der Waals surface area contributed by atoms with E-state index >= 15 is 0 Å². The number of rotatable bonds is 3. The summed E-state index contributed by atoms with van der Waals surface area (Å²) in [5.74, 6) is 1.51. The predicted molar refractivity (Wildman–Crippen MR) is 83.8 cm³/mol. The summed E-state index contributed by atoms with van der Waals surface area (Å²) in [6.07, 6.45) is 0. The summed E-state index contributed by atoms with van der Waals surface area (Å²) in [5, 5.41) is 9.33. The maximum atomic E-state index is 9.33. The summed E-state index contributed by atoms with van der Waals surface area (Å²) in [4.78, 5) is 4.39. The van der Waals surface area contributed by atoms with E-state index in [1.807, 2.05) is 32.9 Å². The molecule has 1 aromatic heterocycles. The van der Waals surface area contributed by atoms with Crippen LogP contribution in [0.4, 0.5) is 0 Å². The normalized spacial score (nSPS) is 10.5. The molecule has 0 saturated carbocycles. The van der Waals surface area contributed by atoms with Crippen LogP contribution >= 0.6 is 0 Å². The Kier molecular flexibility index (Phi) is 4.28. The van der Waals surface area contributed by atoms with E-state index in [0.717, 1.165) is 28.1 Å². The smallest absolute Gasteiger partial charge is 0.237 e. The van der Waals surface area contributed by atoms with Crippen molar-refractivity contribution in [2.45, 2.75) is 40.5 Å². The minimum Gasteiger partial charge on any atom is -0.437 e. The van der Waals surface area contributed by atoms with Crippen molar-refractivity contribution in [2.24, 2.45) is 0 Å². The standard InChI is InChI=1S/C18H20N2O/c1-11(2)15-7-6-12(3)8-17(15)21-18-16(10-19)13(4)9-14(5)20-18/h6-9,11H,1-5H3. The molecular formula is C18H20N2O. The van der Waals surface area contributed by atoms with Crippen LogP contribution in [0, 0.1) is 32.1 Å². The summed E-state index contributed by atoms with van der Waals surface area (Å²) in [5.41, 5.74) is 4.47. The van der Waals surface area contributed by atoms with E-state index in [4.69, 9.17) is 4.74 Å². The molecule has 0 aliphatic carbocycles. The summed E-state index contributed by atoms with van der Waals surface area (Å²) >= 11 is 0. The highest BCUT2D eigenvalue weighted by molar-refractivity contribution is 5.48. The molecule has 2 aromatic rings. The van der Waals surface area contributed by atoms with Crippen molar-refractivity contribution in [1.29, 1.82) is 5.26 Å². The number of pyridine rings is 1. The van der Waals surface area contributed by atoms with Crippen LogP contribution in [0.5, 0.6) is 11.6 Å². The number of hydrogen-bond donors (Lipinski definition) is 0. The van der Waals surface area contributed by atoms with Gasteiger partial charge in [0.1, 0.15) is 17.4 Å². The van der Waals surface area contributed by atoms with Crippen molar-refractivity contribution in [3.8, 4) is 17.7 Å². The molecule has 2 rings (SSSR count). The molecule has 0 bridgehead atoms. The molecule has 0 spiro atoms. The number of aromatic nitrogens is 1. The van der Waals surface area contributed by atoms with E-state index in [1.54, 1.807) is 0 Å². The van der Waals surface area contributed by atoms with Gasteiger partial charge in [-0.05, 0) is 55.5 Å². The van der Waals surface area contributed by atoms with Crippen LogP contribution in [0.15, 0.2) is 24.3 Å². The van der Waals surface area contributed by atoms with Gasteiger partial charge in [-0.25, -0.2) is 4.98 Å². The Balaban J connectivity index is 2.53. The van der Waals surface area contributed by atoms with Crippen LogP contribution in [0.25, 0.3) is 0 Å². The molecule has 0 amide bonds. The molecule has 0 fully saturated rings. The van der Waals surface area contributed by atoms with Crippen LogP contribution in [0.3, 0.4) is 0 Å². The molecule has 21 heavy (non-hydrogen) atoms. The van der Waals surface area contributed by atoms with Crippen LogP contribution in [-0.4, -0.2) is 4.98 Å². The zero-order chi connectivity index (χ0) is 15.6. The zero-order valence-electron chi connectivity index (χ0n) is 13.2. The third-order valence-corrected chi connectivity index (χ3v) is 3.42. The maximum Gasteiger partial charge on any atom is 0.237 e. The van der Waals surface area contributed by atoms with Gasteiger partial charge in [0.25, 0.3) is 0 Å². The van der Waals surface area contributed by atoms with Gasteiger partial charge in [-0.1, -0.05) is 26.0 Å². The fourth-order valence-electron chi connectivity index (χ4n) is 2.32. The van der Waals surface area contributed by atoms with Crippen molar-refractivity contribution in [1.82, 2.24) is 4.98 Å². The number of benzene rings is 1. The number of nitrogens with zero attached hydrogens (tertiary/aromatic N) is 2. The summed E-state index contributed by atoms with van der Waals surface area (Å²) < 4.78 is 6.00. The molecule has 108 valence electrons. The largest absolute Gasteiger partial charge is 0.437 e. The van der Waals surface area contributed by atoms with Crippen LogP contribution in [-0.2, 0) is 0 Å². The van der Waals surface area contributed by atoms with Gasteiger partial charge < -0.3 is 4.74 Å². The van der Waals surface area contributed by atoms with E-state index in [0.29, 0.717) is 17.4 Å². The Morgan fingerprint density at radius 3 is 2.48 bits per heavy atom. The van der Waals surface area contributed by atoms with E-state index in [2.05, 4.69) is 37.0 Å². The van der Waals surface area contributed by atoms with Crippen LogP contribution in [0.1, 0.15) is 47.7 Å². The lowest BCUT2D eigenvalue weighted by Crippen LogP contribution is -2.00. The average Bonchev–Trinajstić information content (AvgIpc) is 2.37. The molecule has 1 heterocycles. The fraction of sp³-hybridized carbons (Fsp3) is 0.333. The van der Waals surface area contributed by atoms with Gasteiger partial charge in [-0.15, -0.1) is 0 Å². The Morgan fingerprint density at radius 1 is 1.14 bits per heavy atom. The first-order valence-electron chi connectivity index (χ1n) is 7.09. The third-order valence-electron chi connectivity index (χ3n) is 3.42.